The topological polar surface area (TPSA) is 0 Å². The lowest BCUT2D eigenvalue weighted by Crippen LogP contribution is -2.01. The second-order valence-electron chi connectivity index (χ2n) is 4.23. The number of hydrogen-bond acceptors (Lipinski definition) is 0. The van der Waals surface area contributed by atoms with Gasteiger partial charge in [0, 0.05) is 0 Å². The highest BCUT2D eigenvalue weighted by molar-refractivity contribution is 5.92. The van der Waals surface area contributed by atoms with E-state index in [-0.39, 0.29) is 0 Å². The Hall–Kier alpha value is -1.30. The first-order valence-electron chi connectivity index (χ1n) is 6.36. The summed E-state index contributed by atoms with van der Waals surface area (Å²) in [6.07, 6.45) is 3.83. The van der Waals surface area contributed by atoms with Crippen LogP contribution in [-0.4, -0.2) is 0 Å². The molecule has 0 aromatic heterocycles. The quantitative estimate of drug-likeness (QED) is 0.595. The molecule has 0 atom stereocenters. The normalized spacial score (nSPS) is 13.2. The first kappa shape index (κ1) is 11.2. The van der Waals surface area contributed by atoms with Gasteiger partial charge in [0.2, 0.25) is 0 Å². The number of aryl methyl sites for hydroxylation is 3. The molecular weight excluding hydrogens is 192 g/mol. The molecule has 2 aromatic carbocycles. The predicted molar refractivity (Wildman–Crippen MR) is 72.1 cm³/mol. The lowest BCUT2D eigenvalue weighted by molar-refractivity contribution is 0.808. The van der Waals surface area contributed by atoms with Crippen LogP contribution in [0.5, 0.6) is 0 Å². The van der Waals surface area contributed by atoms with E-state index in [4.69, 9.17) is 0 Å². The highest BCUT2D eigenvalue weighted by atomic mass is 14.2. The summed E-state index contributed by atoms with van der Waals surface area (Å²) in [6.45, 7) is 6.21. The van der Waals surface area contributed by atoms with Crippen LogP contribution in [0.2, 0.25) is 0 Å². The molecule has 0 amide bonds. The van der Waals surface area contributed by atoms with Crippen LogP contribution in [0.4, 0.5) is 0 Å². The van der Waals surface area contributed by atoms with E-state index < -0.39 is 0 Å². The van der Waals surface area contributed by atoms with Gasteiger partial charge in [-0.3, -0.25) is 0 Å². The number of rotatable bonds is 0. The highest BCUT2D eigenvalue weighted by Crippen LogP contribution is 2.31. The maximum absolute atomic E-state index is 2.31. The Bertz CT molecular complexity index is 484. The van der Waals surface area contributed by atoms with Crippen LogP contribution in [0.3, 0.4) is 0 Å². The Labute approximate surface area is 98.3 Å². The summed E-state index contributed by atoms with van der Waals surface area (Å²) in [7, 11) is 0. The van der Waals surface area contributed by atoms with Gasteiger partial charge in [0.1, 0.15) is 0 Å². The molecule has 3 rings (SSSR count). The van der Waals surface area contributed by atoms with E-state index in [2.05, 4.69) is 37.3 Å². The van der Waals surface area contributed by atoms with Crippen molar-refractivity contribution in [2.45, 2.75) is 40.0 Å². The molecular formula is C16H20. The van der Waals surface area contributed by atoms with E-state index in [1.807, 2.05) is 13.8 Å². The SMILES string of the molecule is CC.Cc1ccc2c3c(cccc13)CCC2. The van der Waals surface area contributed by atoms with Crippen molar-refractivity contribution in [3.8, 4) is 0 Å². The smallest absolute Gasteiger partial charge is 0.0117 e. The van der Waals surface area contributed by atoms with E-state index in [0.717, 1.165) is 0 Å². The second kappa shape index (κ2) is 4.69. The van der Waals surface area contributed by atoms with Gasteiger partial charge in [-0.15, -0.1) is 0 Å². The van der Waals surface area contributed by atoms with Crippen LogP contribution in [0.25, 0.3) is 10.8 Å². The minimum absolute atomic E-state index is 1.26. The molecule has 0 nitrogen and oxygen atoms in total. The van der Waals surface area contributed by atoms with Crippen LogP contribution < -0.4 is 0 Å². The average Bonchev–Trinajstić information content (AvgIpc) is 2.37. The van der Waals surface area contributed by atoms with Gasteiger partial charge in [-0.2, -0.15) is 0 Å². The van der Waals surface area contributed by atoms with Crippen molar-refractivity contribution in [1.29, 1.82) is 0 Å². The Morgan fingerprint density at radius 2 is 1.56 bits per heavy atom. The molecule has 0 saturated heterocycles. The maximum atomic E-state index is 2.31. The van der Waals surface area contributed by atoms with Crippen molar-refractivity contribution in [1.82, 2.24) is 0 Å². The summed E-state index contributed by atoms with van der Waals surface area (Å²) in [5.74, 6) is 0. The Morgan fingerprint density at radius 3 is 2.31 bits per heavy atom. The summed E-state index contributed by atoms with van der Waals surface area (Å²) < 4.78 is 0. The molecule has 0 N–H and O–H groups in total. The van der Waals surface area contributed by atoms with Crippen LogP contribution >= 0.6 is 0 Å². The van der Waals surface area contributed by atoms with Gasteiger partial charge in [-0.1, -0.05) is 44.2 Å². The van der Waals surface area contributed by atoms with Crippen LogP contribution in [0, 0.1) is 6.92 Å². The molecule has 1 aliphatic carbocycles. The standard InChI is InChI=1S/C14H14.C2H6/c1-10-8-9-12-5-2-4-11-6-3-7-13(10)14(11)12;1-2/h3,6-9H,2,4-5H2,1H3;1-2H3. The van der Waals surface area contributed by atoms with Gasteiger partial charge in [0.15, 0.2) is 0 Å². The number of benzene rings is 2. The summed E-state index contributed by atoms with van der Waals surface area (Å²) in [4.78, 5) is 0. The van der Waals surface area contributed by atoms with Crippen molar-refractivity contribution in [3.63, 3.8) is 0 Å². The largest absolute Gasteiger partial charge is 0.0683 e. The van der Waals surface area contributed by atoms with Crippen LogP contribution in [0.15, 0.2) is 30.3 Å². The van der Waals surface area contributed by atoms with Gasteiger partial charge in [-0.25, -0.2) is 0 Å². The van der Waals surface area contributed by atoms with E-state index >= 15 is 0 Å². The fraction of sp³-hybridized carbons (Fsp3) is 0.375. The summed E-state index contributed by atoms with van der Waals surface area (Å²) in [5, 5.41) is 3.00. The predicted octanol–water partition coefficient (Wildman–Crippen LogP) is 4.66. The van der Waals surface area contributed by atoms with Crippen LogP contribution in [0.1, 0.15) is 37.0 Å². The van der Waals surface area contributed by atoms with E-state index in [9.17, 15) is 0 Å². The number of hydrogen-bond donors (Lipinski definition) is 0. The molecule has 0 unspecified atom stereocenters. The van der Waals surface area contributed by atoms with Crippen molar-refractivity contribution >= 4 is 10.8 Å². The molecule has 0 heteroatoms. The zero-order valence-corrected chi connectivity index (χ0v) is 10.5. The second-order valence-corrected chi connectivity index (χ2v) is 4.23. The molecule has 0 saturated carbocycles. The minimum atomic E-state index is 1.26. The van der Waals surface area contributed by atoms with Gasteiger partial charge < -0.3 is 0 Å². The summed E-state index contributed by atoms with van der Waals surface area (Å²) >= 11 is 0. The molecule has 0 fully saturated rings. The molecule has 16 heavy (non-hydrogen) atoms. The van der Waals surface area contributed by atoms with Crippen LogP contribution in [-0.2, 0) is 12.8 Å². The molecule has 0 aliphatic heterocycles. The Balaban J connectivity index is 0.000000457. The Kier molecular flexibility index (Phi) is 3.28. The third-order valence-electron chi connectivity index (χ3n) is 3.32. The van der Waals surface area contributed by atoms with Crippen molar-refractivity contribution in [2.24, 2.45) is 0 Å². The lowest BCUT2D eigenvalue weighted by Gasteiger charge is -2.17. The summed E-state index contributed by atoms with van der Waals surface area (Å²) in [5.41, 5.74) is 4.51. The van der Waals surface area contributed by atoms with Crippen molar-refractivity contribution in [3.05, 3.63) is 47.0 Å². The van der Waals surface area contributed by atoms with Gasteiger partial charge >= 0.3 is 0 Å². The zero-order valence-electron chi connectivity index (χ0n) is 10.5. The van der Waals surface area contributed by atoms with Gasteiger partial charge in [0.05, 0.1) is 0 Å². The van der Waals surface area contributed by atoms with Gasteiger partial charge in [0.25, 0.3) is 0 Å². The molecule has 0 bridgehead atoms. The van der Waals surface area contributed by atoms with E-state index in [0.29, 0.717) is 0 Å². The zero-order chi connectivity index (χ0) is 11.5. The highest BCUT2D eigenvalue weighted by Gasteiger charge is 2.12. The first-order valence-corrected chi connectivity index (χ1v) is 6.36. The third-order valence-corrected chi connectivity index (χ3v) is 3.32. The van der Waals surface area contributed by atoms with Crippen molar-refractivity contribution in [2.75, 3.05) is 0 Å². The third kappa shape index (κ3) is 1.73. The van der Waals surface area contributed by atoms with E-state index in [1.165, 1.54) is 30.2 Å². The molecule has 0 heterocycles. The van der Waals surface area contributed by atoms with E-state index in [1.54, 1.807) is 16.5 Å². The molecule has 0 spiro atoms. The lowest BCUT2D eigenvalue weighted by atomic mass is 9.87. The molecule has 2 aromatic rings. The molecule has 1 aliphatic rings. The maximum Gasteiger partial charge on any atom is -0.0117 e. The first-order chi connectivity index (χ1) is 7.86. The van der Waals surface area contributed by atoms with Crippen molar-refractivity contribution < 1.29 is 0 Å². The molecule has 84 valence electrons. The molecule has 0 radical (unpaired) electrons. The summed E-state index contributed by atoms with van der Waals surface area (Å²) in [6, 6.07) is 11.3. The monoisotopic (exact) mass is 212 g/mol. The average molecular weight is 212 g/mol. The fourth-order valence-electron chi connectivity index (χ4n) is 2.59. The Morgan fingerprint density at radius 1 is 0.875 bits per heavy atom. The van der Waals surface area contributed by atoms with Gasteiger partial charge in [-0.05, 0) is 53.6 Å². The minimum Gasteiger partial charge on any atom is -0.0683 e. The fourth-order valence-corrected chi connectivity index (χ4v) is 2.59.